The SMILES string of the molecule is Cc1nc(C)c(C(=O)O)c(SCc2ccc(Cl)cc2F)n1. The van der Waals surface area contributed by atoms with Crippen molar-refractivity contribution in [3.63, 3.8) is 0 Å². The summed E-state index contributed by atoms with van der Waals surface area (Å²) in [4.78, 5) is 19.5. The second-order valence-corrected chi connectivity index (χ2v) is 5.77. The minimum Gasteiger partial charge on any atom is -0.478 e. The fourth-order valence-electron chi connectivity index (χ4n) is 1.82. The van der Waals surface area contributed by atoms with E-state index in [0.717, 1.165) is 11.8 Å². The van der Waals surface area contributed by atoms with E-state index in [1.54, 1.807) is 26.0 Å². The maximum absolute atomic E-state index is 13.7. The van der Waals surface area contributed by atoms with Crippen molar-refractivity contribution >= 4 is 29.3 Å². The van der Waals surface area contributed by atoms with Gasteiger partial charge >= 0.3 is 5.97 Å². The molecule has 1 aromatic carbocycles. The molecule has 1 N–H and O–H groups in total. The average Bonchev–Trinajstić information content (AvgIpc) is 2.36. The van der Waals surface area contributed by atoms with E-state index < -0.39 is 11.8 Å². The smallest absolute Gasteiger partial charge is 0.340 e. The Bertz CT molecular complexity index is 710. The highest BCUT2D eigenvalue weighted by atomic mass is 35.5. The van der Waals surface area contributed by atoms with Crippen LogP contribution in [0.15, 0.2) is 23.2 Å². The number of rotatable bonds is 4. The van der Waals surface area contributed by atoms with Crippen LogP contribution in [-0.4, -0.2) is 21.0 Å². The lowest BCUT2D eigenvalue weighted by Crippen LogP contribution is -2.08. The van der Waals surface area contributed by atoms with E-state index in [9.17, 15) is 14.3 Å². The highest BCUT2D eigenvalue weighted by Gasteiger charge is 2.18. The molecule has 0 amide bonds. The summed E-state index contributed by atoms with van der Waals surface area (Å²) < 4.78 is 13.7. The Kier molecular flexibility index (Phi) is 4.80. The zero-order valence-electron chi connectivity index (χ0n) is 11.4. The maximum Gasteiger partial charge on any atom is 0.340 e. The zero-order valence-corrected chi connectivity index (χ0v) is 12.9. The van der Waals surface area contributed by atoms with E-state index >= 15 is 0 Å². The lowest BCUT2D eigenvalue weighted by Gasteiger charge is -2.09. The van der Waals surface area contributed by atoms with Crippen LogP contribution in [0.5, 0.6) is 0 Å². The second kappa shape index (κ2) is 6.41. The number of hydrogen-bond acceptors (Lipinski definition) is 4. The lowest BCUT2D eigenvalue weighted by atomic mass is 10.2. The lowest BCUT2D eigenvalue weighted by molar-refractivity contribution is 0.0690. The molecule has 4 nitrogen and oxygen atoms in total. The molecule has 0 aliphatic carbocycles. The number of carboxylic acids is 1. The Morgan fingerprint density at radius 1 is 1.38 bits per heavy atom. The number of nitrogens with zero attached hydrogens (tertiary/aromatic N) is 2. The van der Waals surface area contributed by atoms with Crippen LogP contribution < -0.4 is 0 Å². The van der Waals surface area contributed by atoms with Crippen LogP contribution in [0.4, 0.5) is 4.39 Å². The molecule has 0 aliphatic heterocycles. The van der Waals surface area contributed by atoms with Crippen LogP contribution in [0.2, 0.25) is 5.02 Å². The van der Waals surface area contributed by atoms with Gasteiger partial charge in [-0.1, -0.05) is 17.7 Å². The molecule has 0 aliphatic rings. The van der Waals surface area contributed by atoms with Gasteiger partial charge in [-0.3, -0.25) is 0 Å². The molecule has 7 heteroatoms. The largest absolute Gasteiger partial charge is 0.478 e. The van der Waals surface area contributed by atoms with Crippen molar-refractivity contribution in [2.45, 2.75) is 24.6 Å². The van der Waals surface area contributed by atoms with Crippen molar-refractivity contribution in [3.05, 3.63) is 51.7 Å². The van der Waals surface area contributed by atoms with Gasteiger partial charge in [0.1, 0.15) is 22.2 Å². The molecule has 0 bridgehead atoms. The number of aryl methyl sites for hydroxylation is 2. The zero-order chi connectivity index (χ0) is 15.6. The van der Waals surface area contributed by atoms with E-state index in [-0.39, 0.29) is 11.3 Å². The summed E-state index contributed by atoms with van der Waals surface area (Å²) in [5, 5.41) is 9.90. The first-order valence-corrected chi connectivity index (χ1v) is 7.40. The number of carboxylic acid groups (broad SMARTS) is 1. The Balaban J connectivity index is 2.29. The van der Waals surface area contributed by atoms with Crippen molar-refractivity contribution in [1.29, 1.82) is 0 Å². The summed E-state index contributed by atoms with van der Waals surface area (Å²) in [7, 11) is 0. The molecule has 0 saturated carbocycles. The molecule has 110 valence electrons. The minimum atomic E-state index is -1.09. The van der Waals surface area contributed by atoms with Crippen molar-refractivity contribution in [2.24, 2.45) is 0 Å². The van der Waals surface area contributed by atoms with E-state index in [0.29, 0.717) is 27.1 Å². The number of aromatic nitrogens is 2. The van der Waals surface area contributed by atoms with Crippen LogP contribution in [-0.2, 0) is 5.75 Å². The number of hydrogen-bond donors (Lipinski definition) is 1. The number of aromatic carboxylic acids is 1. The molecular weight excluding hydrogens is 315 g/mol. The standard InChI is InChI=1S/C14H12ClFN2O2S/c1-7-12(14(19)20)13(18-8(2)17-7)21-6-9-3-4-10(15)5-11(9)16/h3-5H,6H2,1-2H3,(H,19,20). The number of halogens is 2. The molecule has 2 rings (SSSR count). The summed E-state index contributed by atoms with van der Waals surface area (Å²) in [6, 6.07) is 4.40. The van der Waals surface area contributed by atoms with Gasteiger partial charge in [-0.25, -0.2) is 19.2 Å². The Morgan fingerprint density at radius 3 is 2.71 bits per heavy atom. The van der Waals surface area contributed by atoms with E-state index in [2.05, 4.69) is 9.97 Å². The van der Waals surface area contributed by atoms with E-state index in [4.69, 9.17) is 11.6 Å². The topological polar surface area (TPSA) is 63.1 Å². The van der Waals surface area contributed by atoms with E-state index in [1.165, 1.54) is 6.07 Å². The molecule has 21 heavy (non-hydrogen) atoms. The van der Waals surface area contributed by atoms with Crippen LogP contribution in [0.1, 0.15) is 27.4 Å². The van der Waals surface area contributed by atoms with Gasteiger partial charge in [-0.05, 0) is 31.5 Å². The van der Waals surface area contributed by atoms with Crippen LogP contribution >= 0.6 is 23.4 Å². The number of benzene rings is 1. The van der Waals surface area contributed by atoms with Gasteiger partial charge in [0.25, 0.3) is 0 Å². The van der Waals surface area contributed by atoms with Crippen LogP contribution in [0.3, 0.4) is 0 Å². The van der Waals surface area contributed by atoms with Crippen LogP contribution in [0, 0.1) is 19.7 Å². The van der Waals surface area contributed by atoms with Crippen molar-refractivity contribution in [2.75, 3.05) is 0 Å². The molecule has 0 atom stereocenters. The molecular formula is C14H12ClFN2O2S. The summed E-state index contributed by atoms with van der Waals surface area (Å²) >= 11 is 6.86. The first kappa shape index (κ1) is 15.7. The van der Waals surface area contributed by atoms with E-state index in [1.807, 2.05) is 0 Å². The van der Waals surface area contributed by atoms with Gasteiger partial charge in [-0.2, -0.15) is 0 Å². The average molecular weight is 327 g/mol. The minimum absolute atomic E-state index is 0.0555. The molecule has 0 spiro atoms. The first-order valence-electron chi connectivity index (χ1n) is 6.03. The van der Waals surface area contributed by atoms with Gasteiger partial charge in [-0.15, -0.1) is 11.8 Å². The van der Waals surface area contributed by atoms with Gasteiger partial charge in [0.2, 0.25) is 0 Å². The maximum atomic E-state index is 13.7. The quantitative estimate of drug-likeness (QED) is 0.682. The third-order valence-corrected chi connectivity index (χ3v) is 4.02. The highest BCUT2D eigenvalue weighted by molar-refractivity contribution is 7.98. The fraction of sp³-hybridized carbons (Fsp3) is 0.214. The molecule has 0 saturated heterocycles. The Hall–Kier alpha value is -1.66. The molecule has 1 aromatic heterocycles. The monoisotopic (exact) mass is 326 g/mol. The number of thioether (sulfide) groups is 1. The van der Waals surface area contributed by atoms with Crippen molar-refractivity contribution in [3.8, 4) is 0 Å². The predicted molar refractivity (Wildman–Crippen MR) is 79.4 cm³/mol. The van der Waals surface area contributed by atoms with Gasteiger partial charge < -0.3 is 5.11 Å². The second-order valence-electron chi connectivity index (χ2n) is 4.37. The first-order chi connectivity index (χ1) is 9.88. The van der Waals surface area contributed by atoms with Gasteiger partial charge in [0.05, 0.1) is 5.69 Å². The molecule has 1 heterocycles. The Morgan fingerprint density at radius 2 is 2.10 bits per heavy atom. The molecule has 0 fully saturated rings. The van der Waals surface area contributed by atoms with Crippen molar-refractivity contribution in [1.82, 2.24) is 9.97 Å². The summed E-state index contributed by atoms with van der Waals surface area (Å²) in [6.45, 7) is 3.30. The Labute approximate surface area is 130 Å². The third-order valence-electron chi connectivity index (χ3n) is 2.76. The van der Waals surface area contributed by atoms with Crippen LogP contribution in [0.25, 0.3) is 0 Å². The normalized spacial score (nSPS) is 10.7. The summed E-state index contributed by atoms with van der Waals surface area (Å²) in [6.07, 6.45) is 0. The molecule has 0 unspecified atom stereocenters. The molecule has 0 radical (unpaired) electrons. The van der Waals surface area contributed by atoms with Crippen molar-refractivity contribution < 1.29 is 14.3 Å². The van der Waals surface area contributed by atoms with Gasteiger partial charge in [0.15, 0.2) is 0 Å². The summed E-state index contributed by atoms with van der Waals surface area (Å²) in [5.74, 6) is -0.767. The predicted octanol–water partition coefficient (Wildman–Crippen LogP) is 3.88. The highest BCUT2D eigenvalue weighted by Crippen LogP contribution is 2.28. The molecule has 2 aromatic rings. The number of carbonyl (C=O) groups is 1. The van der Waals surface area contributed by atoms with Gasteiger partial charge in [0, 0.05) is 10.8 Å². The third kappa shape index (κ3) is 3.71. The summed E-state index contributed by atoms with van der Waals surface area (Å²) in [5.41, 5.74) is 0.892. The fourth-order valence-corrected chi connectivity index (χ4v) is 3.08.